The normalized spacial score (nSPS) is 16.8. The van der Waals surface area contributed by atoms with Gasteiger partial charge in [0, 0.05) is 24.5 Å². The highest BCUT2D eigenvalue weighted by atomic mass is 15.1. The van der Waals surface area contributed by atoms with E-state index in [1.54, 1.807) is 0 Å². The number of likely N-dealkylation sites (tertiary alicyclic amines) is 1. The number of aryl methyl sites for hydroxylation is 1. The zero-order chi connectivity index (χ0) is 14.7. The SMILES string of the molecule is Cc1cc2ccccc2nc1NC1CCN(CC#N)CC1. The molecule has 2 heterocycles. The number of piperidine rings is 1. The number of hydrogen-bond donors (Lipinski definition) is 1. The molecule has 1 aromatic heterocycles. The summed E-state index contributed by atoms with van der Waals surface area (Å²) in [6.45, 7) is 4.61. The van der Waals surface area contributed by atoms with E-state index in [9.17, 15) is 0 Å². The molecule has 1 aliphatic rings. The summed E-state index contributed by atoms with van der Waals surface area (Å²) in [7, 11) is 0. The number of nitrogens with zero attached hydrogens (tertiary/aromatic N) is 3. The van der Waals surface area contributed by atoms with Crippen LogP contribution in [0.5, 0.6) is 0 Å². The highest BCUT2D eigenvalue weighted by Crippen LogP contribution is 2.22. The molecule has 0 unspecified atom stereocenters. The van der Waals surface area contributed by atoms with E-state index < -0.39 is 0 Å². The Hall–Kier alpha value is -2.12. The summed E-state index contributed by atoms with van der Waals surface area (Å²) < 4.78 is 0. The van der Waals surface area contributed by atoms with Crippen molar-refractivity contribution in [3.63, 3.8) is 0 Å². The smallest absolute Gasteiger partial charge is 0.129 e. The van der Waals surface area contributed by atoms with E-state index in [1.165, 1.54) is 10.9 Å². The lowest BCUT2D eigenvalue weighted by Crippen LogP contribution is -2.39. The highest BCUT2D eigenvalue weighted by molar-refractivity contribution is 5.81. The molecule has 1 aromatic carbocycles. The third-order valence-electron chi connectivity index (χ3n) is 4.14. The molecule has 0 radical (unpaired) electrons. The first kappa shape index (κ1) is 13.8. The van der Waals surface area contributed by atoms with Crippen molar-refractivity contribution in [2.45, 2.75) is 25.8 Å². The Morgan fingerprint density at radius 3 is 2.86 bits per heavy atom. The van der Waals surface area contributed by atoms with Crippen LogP contribution in [-0.4, -0.2) is 35.6 Å². The van der Waals surface area contributed by atoms with Gasteiger partial charge in [0.2, 0.25) is 0 Å². The molecule has 0 atom stereocenters. The summed E-state index contributed by atoms with van der Waals surface area (Å²) in [5, 5.41) is 13.5. The van der Waals surface area contributed by atoms with Gasteiger partial charge < -0.3 is 5.32 Å². The largest absolute Gasteiger partial charge is 0.367 e. The first-order valence-electron chi connectivity index (χ1n) is 7.48. The average Bonchev–Trinajstić information content (AvgIpc) is 2.50. The number of nitriles is 1. The number of hydrogen-bond acceptors (Lipinski definition) is 4. The minimum Gasteiger partial charge on any atom is -0.367 e. The Morgan fingerprint density at radius 1 is 1.33 bits per heavy atom. The van der Waals surface area contributed by atoms with Crippen LogP contribution in [-0.2, 0) is 0 Å². The zero-order valence-electron chi connectivity index (χ0n) is 12.3. The van der Waals surface area contributed by atoms with Gasteiger partial charge in [-0.05, 0) is 37.5 Å². The molecule has 1 aliphatic heterocycles. The first-order chi connectivity index (χ1) is 10.3. The molecule has 0 aliphatic carbocycles. The number of para-hydroxylation sites is 1. The molecule has 2 aromatic rings. The summed E-state index contributed by atoms with van der Waals surface area (Å²) in [4.78, 5) is 6.95. The van der Waals surface area contributed by atoms with Crippen LogP contribution in [0.3, 0.4) is 0 Å². The molecule has 0 amide bonds. The van der Waals surface area contributed by atoms with Gasteiger partial charge in [-0.2, -0.15) is 5.26 Å². The molecule has 0 spiro atoms. The van der Waals surface area contributed by atoms with Crippen molar-refractivity contribution < 1.29 is 0 Å². The quantitative estimate of drug-likeness (QED) is 0.878. The third-order valence-corrected chi connectivity index (χ3v) is 4.14. The topological polar surface area (TPSA) is 52.0 Å². The third kappa shape index (κ3) is 3.14. The fourth-order valence-corrected chi connectivity index (χ4v) is 2.90. The van der Waals surface area contributed by atoms with Crippen LogP contribution in [0.25, 0.3) is 10.9 Å². The minimum atomic E-state index is 0.451. The molecule has 1 fully saturated rings. The number of pyridine rings is 1. The van der Waals surface area contributed by atoms with Crippen LogP contribution in [0.1, 0.15) is 18.4 Å². The number of nitrogens with one attached hydrogen (secondary N) is 1. The second-order valence-corrected chi connectivity index (χ2v) is 5.70. The van der Waals surface area contributed by atoms with E-state index in [1.807, 2.05) is 12.1 Å². The summed E-state index contributed by atoms with van der Waals surface area (Å²) in [6.07, 6.45) is 2.13. The second kappa shape index (κ2) is 6.11. The summed E-state index contributed by atoms with van der Waals surface area (Å²) in [6, 6.07) is 13.1. The summed E-state index contributed by atoms with van der Waals surface area (Å²) in [5.74, 6) is 0.993. The van der Waals surface area contributed by atoms with Gasteiger partial charge in [-0.25, -0.2) is 4.98 Å². The Balaban J connectivity index is 1.71. The van der Waals surface area contributed by atoms with Crippen LogP contribution in [0.2, 0.25) is 0 Å². The number of aromatic nitrogens is 1. The van der Waals surface area contributed by atoms with Crippen LogP contribution in [0.15, 0.2) is 30.3 Å². The molecular formula is C17H20N4. The van der Waals surface area contributed by atoms with Gasteiger partial charge in [0.25, 0.3) is 0 Å². The molecule has 4 nitrogen and oxygen atoms in total. The van der Waals surface area contributed by atoms with Gasteiger partial charge in [-0.1, -0.05) is 18.2 Å². The predicted octanol–water partition coefficient (Wildman–Crippen LogP) is 2.94. The lowest BCUT2D eigenvalue weighted by atomic mass is 10.0. The van der Waals surface area contributed by atoms with Crippen LogP contribution in [0.4, 0.5) is 5.82 Å². The molecule has 1 saturated heterocycles. The Kier molecular flexibility index (Phi) is 4.03. The number of rotatable bonds is 3. The van der Waals surface area contributed by atoms with E-state index in [0.717, 1.165) is 37.3 Å². The van der Waals surface area contributed by atoms with E-state index >= 15 is 0 Å². The maximum atomic E-state index is 8.74. The first-order valence-corrected chi connectivity index (χ1v) is 7.48. The highest BCUT2D eigenvalue weighted by Gasteiger charge is 2.19. The second-order valence-electron chi connectivity index (χ2n) is 5.70. The number of fused-ring (bicyclic) bond motifs is 1. The Bertz CT molecular complexity index is 666. The van der Waals surface area contributed by atoms with E-state index in [0.29, 0.717) is 12.6 Å². The van der Waals surface area contributed by atoms with Gasteiger partial charge in [0.1, 0.15) is 5.82 Å². The van der Waals surface area contributed by atoms with Crippen molar-refractivity contribution in [2.75, 3.05) is 25.0 Å². The summed E-state index contributed by atoms with van der Waals surface area (Å²) >= 11 is 0. The maximum Gasteiger partial charge on any atom is 0.129 e. The van der Waals surface area contributed by atoms with Gasteiger partial charge in [-0.15, -0.1) is 0 Å². The van der Waals surface area contributed by atoms with Crippen LogP contribution >= 0.6 is 0 Å². The molecule has 0 saturated carbocycles. The molecule has 4 heteroatoms. The standard InChI is InChI=1S/C17H20N4/c1-13-12-14-4-2-3-5-16(14)20-17(13)19-15-6-9-21(10-7-15)11-8-18/h2-5,12,15H,6-7,9-11H2,1H3,(H,19,20). The van der Waals surface area contributed by atoms with Crippen molar-refractivity contribution in [2.24, 2.45) is 0 Å². The van der Waals surface area contributed by atoms with E-state index in [2.05, 4.69) is 41.4 Å². The van der Waals surface area contributed by atoms with Gasteiger partial charge >= 0.3 is 0 Å². The molecule has 1 N–H and O–H groups in total. The monoisotopic (exact) mass is 280 g/mol. The molecule has 3 rings (SSSR count). The molecule has 0 bridgehead atoms. The predicted molar refractivity (Wildman–Crippen MR) is 85.2 cm³/mol. The molecular weight excluding hydrogens is 260 g/mol. The van der Waals surface area contributed by atoms with Crippen molar-refractivity contribution >= 4 is 16.7 Å². The van der Waals surface area contributed by atoms with Gasteiger partial charge in [0.15, 0.2) is 0 Å². The van der Waals surface area contributed by atoms with Gasteiger partial charge in [-0.3, -0.25) is 4.90 Å². The van der Waals surface area contributed by atoms with Crippen molar-refractivity contribution in [3.05, 3.63) is 35.9 Å². The van der Waals surface area contributed by atoms with E-state index in [4.69, 9.17) is 10.2 Å². The molecule has 21 heavy (non-hydrogen) atoms. The number of benzene rings is 1. The maximum absolute atomic E-state index is 8.74. The Labute approximate surface area is 125 Å². The number of anilines is 1. The van der Waals surface area contributed by atoms with Crippen LogP contribution < -0.4 is 5.32 Å². The average molecular weight is 280 g/mol. The Morgan fingerprint density at radius 2 is 2.10 bits per heavy atom. The molecule has 108 valence electrons. The van der Waals surface area contributed by atoms with Crippen LogP contribution in [0, 0.1) is 18.3 Å². The lowest BCUT2D eigenvalue weighted by Gasteiger charge is -2.31. The van der Waals surface area contributed by atoms with Crippen molar-refractivity contribution in [3.8, 4) is 6.07 Å². The lowest BCUT2D eigenvalue weighted by molar-refractivity contribution is 0.242. The zero-order valence-corrected chi connectivity index (χ0v) is 12.3. The minimum absolute atomic E-state index is 0.451. The fraction of sp³-hybridized carbons (Fsp3) is 0.412. The summed E-state index contributed by atoms with van der Waals surface area (Å²) in [5.41, 5.74) is 2.22. The van der Waals surface area contributed by atoms with Gasteiger partial charge in [0.05, 0.1) is 18.1 Å². The van der Waals surface area contributed by atoms with Crippen molar-refractivity contribution in [1.29, 1.82) is 5.26 Å². The van der Waals surface area contributed by atoms with E-state index in [-0.39, 0.29) is 0 Å². The fourth-order valence-electron chi connectivity index (χ4n) is 2.90. The van der Waals surface area contributed by atoms with Crippen molar-refractivity contribution in [1.82, 2.24) is 9.88 Å².